The first-order valence-electron chi connectivity index (χ1n) is 4.42. The Hall–Kier alpha value is -1.96. The summed E-state index contributed by atoms with van der Waals surface area (Å²) in [6.45, 7) is 0. The van der Waals surface area contributed by atoms with Crippen LogP contribution in [0.25, 0.3) is 0 Å². The molecular formula is C9H11ClF3N5. The highest BCUT2D eigenvalue weighted by Gasteiger charge is 2.40. The molecule has 100 valence electrons. The lowest BCUT2D eigenvalue weighted by molar-refractivity contribution is -0.118. The summed E-state index contributed by atoms with van der Waals surface area (Å²) in [5.74, 6) is -1.70. The first-order chi connectivity index (χ1) is 7.82. The van der Waals surface area contributed by atoms with Crippen molar-refractivity contribution in [2.75, 3.05) is 4.90 Å². The van der Waals surface area contributed by atoms with Gasteiger partial charge < -0.3 is 11.5 Å². The molecule has 0 aliphatic carbocycles. The second-order valence-electron chi connectivity index (χ2n) is 3.00. The van der Waals surface area contributed by atoms with Gasteiger partial charge in [-0.1, -0.05) is 18.2 Å². The Balaban J connectivity index is 0.00000289. The molecule has 0 atom stereocenters. The first kappa shape index (κ1) is 16.0. The number of hydrogen-bond acceptors (Lipinski definition) is 1. The Bertz CT molecular complexity index is 428. The fourth-order valence-corrected chi connectivity index (χ4v) is 1.14. The van der Waals surface area contributed by atoms with Crippen LogP contribution < -0.4 is 16.4 Å². The molecule has 0 aliphatic rings. The SMILES string of the molecule is Cl.N=C(N=C(N)N)N(c1ccccc1)C(F)(F)F. The molecule has 1 aromatic carbocycles. The van der Waals surface area contributed by atoms with Gasteiger partial charge in [0.05, 0.1) is 5.69 Å². The van der Waals surface area contributed by atoms with Crippen LogP contribution in [0.15, 0.2) is 35.3 Å². The maximum atomic E-state index is 12.7. The van der Waals surface area contributed by atoms with Crippen LogP contribution in [0, 0.1) is 5.41 Å². The topological polar surface area (TPSA) is 91.5 Å². The van der Waals surface area contributed by atoms with Gasteiger partial charge in [-0.15, -0.1) is 25.6 Å². The Morgan fingerprint density at radius 2 is 1.67 bits per heavy atom. The molecule has 5 nitrogen and oxygen atoms in total. The molecule has 0 aliphatic heterocycles. The van der Waals surface area contributed by atoms with E-state index in [-0.39, 0.29) is 23.0 Å². The molecule has 1 aromatic rings. The summed E-state index contributed by atoms with van der Waals surface area (Å²) in [5.41, 5.74) is 9.65. The van der Waals surface area contributed by atoms with Crippen molar-refractivity contribution in [1.29, 1.82) is 5.41 Å². The number of hydrogen-bond donors (Lipinski definition) is 3. The zero-order valence-electron chi connectivity index (χ0n) is 8.98. The van der Waals surface area contributed by atoms with Crippen LogP contribution in [0.3, 0.4) is 0 Å². The Morgan fingerprint density at radius 3 is 2.06 bits per heavy atom. The van der Waals surface area contributed by atoms with Gasteiger partial charge in [-0.3, -0.25) is 5.41 Å². The number of para-hydroxylation sites is 1. The van der Waals surface area contributed by atoms with E-state index in [1.54, 1.807) is 6.07 Å². The number of halogens is 4. The summed E-state index contributed by atoms with van der Waals surface area (Å²) in [6, 6.07) is 6.78. The van der Waals surface area contributed by atoms with Crippen molar-refractivity contribution in [3.8, 4) is 0 Å². The Morgan fingerprint density at radius 1 is 1.17 bits per heavy atom. The van der Waals surface area contributed by atoms with Gasteiger partial charge in [0.2, 0.25) is 5.96 Å². The normalized spacial score (nSPS) is 10.2. The minimum absolute atomic E-state index is 0. The number of anilines is 1. The third-order valence-corrected chi connectivity index (χ3v) is 1.71. The average Bonchev–Trinajstić information content (AvgIpc) is 2.15. The van der Waals surface area contributed by atoms with Crippen molar-refractivity contribution in [2.45, 2.75) is 6.30 Å². The first-order valence-corrected chi connectivity index (χ1v) is 4.42. The molecule has 18 heavy (non-hydrogen) atoms. The molecule has 5 N–H and O–H groups in total. The minimum Gasteiger partial charge on any atom is -0.370 e. The molecule has 0 radical (unpaired) electrons. The van der Waals surface area contributed by atoms with Crippen molar-refractivity contribution in [3.63, 3.8) is 0 Å². The van der Waals surface area contributed by atoms with E-state index in [2.05, 4.69) is 4.99 Å². The standard InChI is InChI=1S/C9H10F3N5.ClH/c10-9(11,12)17(8(15)16-7(13)14)6-4-2-1-3-5-6;/h1-5H,(H5,13,14,15,16);1H. The summed E-state index contributed by atoms with van der Waals surface area (Å²) >= 11 is 0. The summed E-state index contributed by atoms with van der Waals surface area (Å²) in [4.78, 5) is 2.85. The molecule has 0 saturated carbocycles. The van der Waals surface area contributed by atoms with Crippen LogP contribution in [0.1, 0.15) is 0 Å². The quantitative estimate of drug-likeness (QED) is 0.415. The molecule has 1 rings (SSSR count). The molecule has 0 unspecified atom stereocenters. The average molecular weight is 282 g/mol. The number of guanidine groups is 2. The lowest BCUT2D eigenvalue weighted by Gasteiger charge is -2.24. The molecule has 9 heteroatoms. The van der Waals surface area contributed by atoms with Crippen LogP contribution in [0.4, 0.5) is 18.9 Å². The lowest BCUT2D eigenvalue weighted by Crippen LogP contribution is -2.43. The number of nitrogens with two attached hydrogens (primary N) is 2. The van der Waals surface area contributed by atoms with E-state index in [1.807, 2.05) is 0 Å². The molecular weight excluding hydrogens is 271 g/mol. The van der Waals surface area contributed by atoms with E-state index >= 15 is 0 Å². The highest BCUT2D eigenvalue weighted by Crippen LogP contribution is 2.28. The lowest BCUT2D eigenvalue weighted by atomic mass is 10.3. The Kier molecular flexibility index (Phi) is 5.44. The van der Waals surface area contributed by atoms with Crippen LogP contribution in [-0.2, 0) is 0 Å². The third kappa shape index (κ3) is 4.13. The van der Waals surface area contributed by atoms with Gasteiger partial charge in [0.1, 0.15) is 0 Å². The van der Waals surface area contributed by atoms with Gasteiger partial charge in [0.15, 0.2) is 5.96 Å². The largest absolute Gasteiger partial charge is 0.491 e. The van der Waals surface area contributed by atoms with Crippen LogP contribution >= 0.6 is 12.4 Å². The molecule has 0 spiro atoms. The minimum atomic E-state index is -4.78. The van der Waals surface area contributed by atoms with Gasteiger partial charge in [-0.25, -0.2) is 4.90 Å². The van der Waals surface area contributed by atoms with Gasteiger partial charge in [-0.2, -0.15) is 4.99 Å². The second kappa shape index (κ2) is 6.10. The fraction of sp³-hybridized carbons (Fsp3) is 0.111. The summed E-state index contributed by atoms with van der Waals surface area (Å²) in [7, 11) is 0. The second-order valence-corrected chi connectivity index (χ2v) is 3.00. The smallest absolute Gasteiger partial charge is 0.370 e. The molecule has 0 aromatic heterocycles. The van der Waals surface area contributed by atoms with Crippen molar-refractivity contribution in [2.24, 2.45) is 16.5 Å². The highest BCUT2D eigenvalue weighted by molar-refractivity contribution is 6.01. The van der Waals surface area contributed by atoms with E-state index in [1.165, 1.54) is 24.3 Å². The van der Waals surface area contributed by atoms with Crippen LogP contribution in [0.2, 0.25) is 0 Å². The Labute approximate surface area is 107 Å². The van der Waals surface area contributed by atoms with Gasteiger partial charge in [0.25, 0.3) is 0 Å². The van der Waals surface area contributed by atoms with Gasteiger partial charge in [0, 0.05) is 0 Å². The van der Waals surface area contributed by atoms with E-state index in [4.69, 9.17) is 16.9 Å². The zero-order valence-corrected chi connectivity index (χ0v) is 9.79. The van der Waals surface area contributed by atoms with E-state index in [9.17, 15) is 13.2 Å². The predicted octanol–water partition coefficient (Wildman–Crippen LogP) is 1.64. The van der Waals surface area contributed by atoms with Crippen molar-refractivity contribution >= 4 is 30.0 Å². The molecule has 0 bridgehead atoms. The number of alkyl halides is 3. The van der Waals surface area contributed by atoms with Gasteiger partial charge in [-0.05, 0) is 12.1 Å². The number of nitrogens with zero attached hydrogens (tertiary/aromatic N) is 2. The fourth-order valence-electron chi connectivity index (χ4n) is 1.14. The maximum Gasteiger partial charge on any atom is 0.491 e. The van der Waals surface area contributed by atoms with Crippen molar-refractivity contribution < 1.29 is 13.2 Å². The molecule has 0 fully saturated rings. The van der Waals surface area contributed by atoms with E-state index in [0.717, 1.165) is 0 Å². The summed E-state index contributed by atoms with van der Waals surface area (Å²) < 4.78 is 38.2. The monoisotopic (exact) mass is 281 g/mol. The van der Waals surface area contributed by atoms with Gasteiger partial charge >= 0.3 is 6.30 Å². The highest BCUT2D eigenvalue weighted by atomic mass is 35.5. The van der Waals surface area contributed by atoms with E-state index in [0.29, 0.717) is 0 Å². The zero-order chi connectivity index (χ0) is 13.1. The predicted molar refractivity (Wildman–Crippen MR) is 65.8 cm³/mol. The number of nitrogens with one attached hydrogen (secondary N) is 1. The third-order valence-electron chi connectivity index (χ3n) is 1.71. The van der Waals surface area contributed by atoms with Crippen LogP contribution in [-0.4, -0.2) is 18.2 Å². The summed E-state index contributed by atoms with van der Waals surface area (Å²) in [5, 5.41) is 7.23. The molecule has 0 heterocycles. The number of aliphatic imine (C=N–C) groups is 1. The van der Waals surface area contributed by atoms with Crippen LogP contribution in [0.5, 0.6) is 0 Å². The number of rotatable bonds is 1. The van der Waals surface area contributed by atoms with Crippen molar-refractivity contribution in [3.05, 3.63) is 30.3 Å². The number of benzene rings is 1. The summed E-state index contributed by atoms with van der Waals surface area (Å²) in [6.07, 6.45) is -4.78. The van der Waals surface area contributed by atoms with E-state index < -0.39 is 18.2 Å². The molecule has 0 saturated heterocycles. The molecule has 0 amide bonds. The van der Waals surface area contributed by atoms with Crippen molar-refractivity contribution in [1.82, 2.24) is 0 Å². The maximum absolute atomic E-state index is 12.7.